The highest BCUT2D eigenvalue weighted by atomic mass is 16.5. The van der Waals surface area contributed by atoms with Gasteiger partial charge in [0.15, 0.2) is 5.60 Å². The van der Waals surface area contributed by atoms with Crippen LogP contribution in [0.4, 0.5) is 0 Å². The Morgan fingerprint density at radius 2 is 2.11 bits per heavy atom. The maximum Gasteiger partial charge on any atom is 0.345 e. The van der Waals surface area contributed by atoms with Gasteiger partial charge in [-0.3, -0.25) is 4.79 Å². The Morgan fingerprint density at radius 3 is 2.67 bits per heavy atom. The second-order valence-corrected chi connectivity index (χ2v) is 4.16. The van der Waals surface area contributed by atoms with E-state index < -0.39 is 11.6 Å². The molecule has 1 aliphatic heterocycles. The van der Waals surface area contributed by atoms with Crippen molar-refractivity contribution in [3.63, 3.8) is 0 Å². The number of rotatable bonds is 4. The lowest BCUT2D eigenvalue weighted by Crippen LogP contribution is -2.32. The van der Waals surface area contributed by atoms with Gasteiger partial charge in [-0.15, -0.1) is 0 Å². The highest BCUT2D eigenvalue weighted by molar-refractivity contribution is 6.22. The number of ketones is 1. The zero-order valence-corrected chi connectivity index (χ0v) is 11.1. The molecule has 0 saturated carbocycles. The Kier molecular flexibility index (Phi) is 4.48. The molecule has 0 aromatic carbocycles. The number of esters is 1. The van der Waals surface area contributed by atoms with Crippen molar-refractivity contribution in [2.75, 3.05) is 7.11 Å². The molecule has 0 radical (unpaired) electrons. The Balaban J connectivity index is 2.92. The van der Waals surface area contributed by atoms with E-state index in [1.165, 1.54) is 7.11 Å². The largest absolute Gasteiger partial charge is 0.479 e. The van der Waals surface area contributed by atoms with Crippen molar-refractivity contribution in [3.8, 4) is 0 Å². The predicted molar refractivity (Wildman–Crippen MR) is 67.8 cm³/mol. The van der Waals surface area contributed by atoms with Gasteiger partial charge in [-0.25, -0.2) is 4.79 Å². The summed E-state index contributed by atoms with van der Waals surface area (Å²) in [4.78, 5) is 23.6. The van der Waals surface area contributed by atoms with Crippen molar-refractivity contribution >= 4 is 11.8 Å². The lowest BCUT2D eigenvalue weighted by atomic mass is 9.96. The van der Waals surface area contributed by atoms with Crippen LogP contribution >= 0.6 is 0 Å². The summed E-state index contributed by atoms with van der Waals surface area (Å²) in [5.41, 5.74) is -1.13. The monoisotopic (exact) mass is 250 g/mol. The van der Waals surface area contributed by atoms with Crippen LogP contribution in [0.25, 0.3) is 0 Å². The number of hydrogen-bond acceptors (Lipinski definition) is 4. The smallest absolute Gasteiger partial charge is 0.345 e. The average molecular weight is 250 g/mol. The third kappa shape index (κ3) is 2.70. The first-order chi connectivity index (χ1) is 8.46. The summed E-state index contributed by atoms with van der Waals surface area (Å²) < 4.78 is 10.1. The van der Waals surface area contributed by atoms with E-state index in [0.717, 1.165) is 6.42 Å². The average Bonchev–Trinajstić information content (AvgIpc) is 2.55. The number of methoxy groups -OCH3 is 1. The van der Waals surface area contributed by atoms with Crippen LogP contribution in [-0.2, 0) is 19.1 Å². The first kappa shape index (κ1) is 14.2. The van der Waals surface area contributed by atoms with E-state index in [1.807, 2.05) is 19.1 Å². The molecule has 0 aromatic rings. The maximum absolute atomic E-state index is 12.1. The number of hydrogen-bond donors (Lipinski definition) is 0. The molecule has 0 fully saturated rings. The minimum absolute atomic E-state index is 0.0101. The maximum atomic E-state index is 12.1. The van der Waals surface area contributed by atoms with E-state index in [1.54, 1.807) is 26.0 Å². The van der Waals surface area contributed by atoms with Crippen molar-refractivity contribution in [2.24, 2.45) is 0 Å². The van der Waals surface area contributed by atoms with Gasteiger partial charge in [0.25, 0.3) is 0 Å². The summed E-state index contributed by atoms with van der Waals surface area (Å²) in [7, 11) is 1.24. The third-order valence-corrected chi connectivity index (χ3v) is 2.68. The summed E-state index contributed by atoms with van der Waals surface area (Å²) in [6.07, 6.45) is 8.10. The van der Waals surface area contributed by atoms with Crippen LogP contribution in [0.2, 0.25) is 0 Å². The zero-order valence-electron chi connectivity index (χ0n) is 11.1. The first-order valence-corrected chi connectivity index (χ1v) is 5.83. The molecule has 0 saturated heterocycles. The molecular weight excluding hydrogens is 232 g/mol. The van der Waals surface area contributed by atoms with Gasteiger partial charge in [0, 0.05) is 0 Å². The highest BCUT2D eigenvalue weighted by Crippen LogP contribution is 2.32. The Bertz CT molecular complexity index is 443. The van der Waals surface area contributed by atoms with Gasteiger partial charge in [-0.2, -0.15) is 0 Å². The topological polar surface area (TPSA) is 52.6 Å². The predicted octanol–water partition coefficient (Wildman–Crippen LogP) is 2.31. The lowest BCUT2D eigenvalue weighted by Gasteiger charge is -2.18. The molecule has 1 rings (SSSR count). The summed E-state index contributed by atoms with van der Waals surface area (Å²) in [6.45, 7) is 5.24. The van der Waals surface area contributed by atoms with Crippen LogP contribution in [-0.4, -0.2) is 24.5 Å². The van der Waals surface area contributed by atoms with Gasteiger partial charge in [0.05, 0.1) is 7.11 Å². The Morgan fingerprint density at radius 1 is 1.44 bits per heavy atom. The molecule has 0 spiro atoms. The van der Waals surface area contributed by atoms with Crippen LogP contribution in [0.5, 0.6) is 0 Å². The minimum atomic E-state index is -1.12. The number of allylic oxidation sites excluding steroid dienone is 4. The SMILES string of the molecule is CC/C=C/C=C/C1(C)OC(C)=C(C(=O)OC)C1=O. The van der Waals surface area contributed by atoms with Gasteiger partial charge in [-0.05, 0) is 26.3 Å². The number of ether oxygens (including phenoxy) is 2. The van der Waals surface area contributed by atoms with Gasteiger partial charge in [0.1, 0.15) is 11.3 Å². The molecule has 98 valence electrons. The van der Waals surface area contributed by atoms with Crippen molar-refractivity contribution in [2.45, 2.75) is 32.8 Å². The van der Waals surface area contributed by atoms with E-state index in [0.29, 0.717) is 5.76 Å². The molecule has 1 atom stereocenters. The van der Waals surface area contributed by atoms with Crippen LogP contribution < -0.4 is 0 Å². The highest BCUT2D eigenvalue weighted by Gasteiger charge is 2.45. The quantitative estimate of drug-likeness (QED) is 0.436. The molecule has 0 bridgehead atoms. The molecule has 1 aliphatic rings. The van der Waals surface area contributed by atoms with Gasteiger partial charge >= 0.3 is 5.97 Å². The number of carbonyl (C=O) groups is 2. The van der Waals surface area contributed by atoms with Crippen LogP contribution in [0.3, 0.4) is 0 Å². The number of carbonyl (C=O) groups excluding carboxylic acids is 2. The van der Waals surface area contributed by atoms with Crippen molar-refractivity contribution < 1.29 is 19.1 Å². The van der Waals surface area contributed by atoms with Crippen molar-refractivity contribution in [1.29, 1.82) is 0 Å². The Labute approximate surface area is 107 Å². The minimum Gasteiger partial charge on any atom is -0.479 e. The summed E-state index contributed by atoms with van der Waals surface area (Å²) in [5, 5.41) is 0. The molecular formula is C14H18O4. The van der Waals surface area contributed by atoms with Crippen LogP contribution in [0.15, 0.2) is 35.6 Å². The van der Waals surface area contributed by atoms with Gasteiger partial charge in [0.2, 0.25) is 5.78 Å². The molecule has 0 aromatic heterocycles. The molecule has 0 N–H and O–H groups in total. The lowest BCUT2D eigenvalue weighted by molar-refractivity contribution is -0.138. The van der Waals surface area contributed by atoms with E-state index >= 15 is 0 Å². The standard InChI is InChI=1S/C14H18O4/c1-5-6-7-8-9-14(3)12(15)11(10(2)18-14)13(16)17-4/h6-9H,5H2,1-4H3/b7-6+,9-8+. The normalized spacial score (nSPS) is 24.1. The van der Waals surface area contributed by atoms with E-state index in [-0.39, 0.29) is 11.4 Å². The fraction of sp³-hybridized carbons (Fsp3) is 0.429. The first-order valence-electron chi connectivity index (χ1n) is 5.83. The molecule has 18 heavy (non-hydrogen) atoms. The molecule has 0 aliphatic carbocycles. The van der Waals surface area contributed by atoms with Crippen LogP contribution in [0.1, 0.15) is 27.2 Å². The van der Waals surface area contributed by atoms with Crippen molar-refractivity contribution in [1.82, 2.24) is 0 Å². The summed E-state index contributed by atoms with van der Waals surface area (Å²) in [6, 6.07) is 0. The molecule has 1 unspecified atom stereocenters. The fourth-order valence-electron chi connectivity index (χ4n) is 1.73. The second-order valence-electron chi connectivity index (χ2n) is 4.16. The van der Waals surface area contributed by atoms with E-state index in [9.17, 15) is 9.59 Å². The molecule has 4 nitrogen and oxygen atoms in total. The van der Waals surface area contributed by atoms with Gasteiger partial charge < -0.3 is 9.47 Å². The second kappa shape index (κ2) is 5.67. The van der Waals surface area contributed by atoms with E-state index in [2.05, 4.69) is 4.74 Å². The summed E-state index contributed by atoms with van der Waals surface area (Å²) >= 11 is 0. The summed E-state index contributed by atoms with van der Waals surface area (Å²) in [5.74, 6) is -0.717. The number of Topliss-reactive ketones (excluding diaryl/α,β-unsaturated/α-hetero) is 1. The fourth-order valence-corrected chi connectivity index (χ4v) is 1.73. The molecule has 4 heteroatoms. The molecule has 0 amide bonds. The third-order valence-electron chi connectivity index (χ3n) is 2.68. The van der Waals surface area contributed by atoms with Crippen molar-refractivity contribution in [3.05, 3.63) is 35.6 Å². The zero-order chi connectivity index (χ0) is 13.8. The van der Waals surface area contributed by atoms with E-state index in [4.69, 9.17) is 4.74 Å². The van der Waals surface area contributed by atoms with Gasteiger partial charge in [-0.1, -0.05) is 25.2 Å². The Hall–Kier alpha value is -1.84. The molecule has 1 heterocycles. The van der Waals surface area contributed by atoms with Crippen LogP contribution in [0, 0.1) is 0 Å².